The zero-order valence-electron chi connectivity index (χ0n) is 7.63. The van der Waals surface area contributed by atoms with Crippen molar-refractivity contribution in [1.82, 2.24) is 0 Å². The summed E-state index contributed by atoms with van der Waals surface area (Å²) in [6.45, 7) is 4.73. The van der Waals surface area contributed by atoms with Gasteiger partial charge in [-0.1, -0.05) is 12.5 Å². The van der Waals surface area contributed by atoms with Gasteiger partial charge in [0.05, 0.1) is 5.83 Å². The number of rotatable bonds is 3. The van der Waals surface area contributed by atoms with Gasteiger partial charge in [-0.2, -0.15) is 0 Å². The van der Waals surface area contributed by atoms with Gasteiger partial charge in [-0.3, -0.25) is 0 Å². The van der Waals surface area contributed by atoms with Crippen molar-refractivity contribution in [2.45, 2.75) is 27.2 Å². The Morgan fingerprint density at radius 2 is 1.92 bits per heavy atom. The normalized spacial score (nSPS) is 14.3. The topological polar surface area (TPSA) is 40.5 Å². The molecule has 0 bridgehead atoms. The van der Waals surface area contributed by atoms with Gasteiger partial charge in [0.15, 0.2) is 0 Å². The van der Waals surface area contributed by atoms with Crippen molar-refractivity contribution in [3.05, 3.63) is 22.9 Å². The second-order valence-corrected chi connectivity index (χ2v) is 2.67. The highest BCUT2D eigenvalue weighted by Gasteiger charge is 2.12. The van der Waals surface area contributed by atoms with Crippen molar-refractivity contribution in [2.75, 3.05) is 0 Å². The van der Waals surface area contributed by atoms with E-state index in [0.717, 1.165) is 0 Å². The Morgan fingerprint density at radius 1 is 1.42 bits per heavy atom. The Hall–Kier alpha value is -0.605. The molecule has 0 spiro atoms. The lowest BCUT2D eigenvalue weighted by molar-refractivity contribution is 0.418. The average Bonchev–Trinajstić information content (AvgIpc) is 1.98. The van der Waals surface area contributed by atoms with Crippen molar-refractivity contribution in [1.29, 1.82) is 0 Å². The lowest BCUT2D eigenvalue weighted by Crippen LogP contribution is -2.14. The predicted octanol–water partition coefficient (Wildman–Crippen LogP) is 1.60. The average molecular weight is 172 g/mol. The minimum absolute atomic E-state index is 0.327. The highest BCUT2D eigenvalue weighted by Crippen LogP contribution is 2.13. The second kappa shape index (κ2) is 5.11. The number of halogens is 1. The largest absolute Gasteiger partial charge is 0.484 e. The lowest BCUT2D eigenvalue weighted by atomic mass is 9.77. The van der Waals surface area contributed by atoms with Gasteiger partial charge in [-0.15, -0.1) is 0 Å². The van der Waals surface area contributed by atoms with Crippen LogP contribution in [0.1, 0.15) is 27.2 Å². The van der Waals surface area contributed by atoms with Crippen LogP contribution in [-0.4, -0.2) is 17.2 Å². The fraction of sp³-hybridized carbons (Fsp3) is 0.500. The smallest absolute Gasteiger partial charge is 0.423 e. The molecule has 12 heavy (non-hydrogen) atoms. The predicted molar refractivity (Wildman–Crippen MR) is 48.0 cm³/mol. The summed E-state index contributed by atoms with van der Waals surface area (Å²) in [5.41, 5.74) is 1.03. The zero-order valence-corrected chi connectivity index (χ0v) is 7.63. The first-order valence-corrected chi connectivity index (χ1v) is 3.88. The Morgan fingerprint density at radius 3 is 2.17 bits per heavy atom. The van der Waals surface area contributed by atoms with E-state index in [-0.39, 0.29) is 5.83 Å². The van der Waals surface area contributed by atoms with Gasteiger partial charge in [0.2, 0.25) is 0 Å². The molecule has 0 aromatic carbocycles. The summed E-state index contributed by atoms with van der Waals surface area (Å²) in [4.78, 5) is 0. The van der Waals surface area contributed by atoms with E-state index in [1.807, 2.05) is 6.92 Å². The van der Waals surface area contributed by atoms with Crippen LogP contribution in [0.2, 0.25) is 0 Å². The summed E-state index contributed by atoms with van der Waals surface area (Å²) in [7, 11) is -1.49. The third-order valence-corrected chi connectivity index (χ3v) is 1.65. The van der Waals surface area contributed by atoms with Crippen molar-refractivity contribution in [3.63, 3.8) is 0 Å². The minimum Gasteiger partial charge on any atom is -0.423 e. The quantitative estimate of drug-likeness (QED) is 0.501. The molecule has 0 aliphatic heterocycles. The van der Waals surface area contributed by atoms with E-state index >= 15 is 0 Å². The van der Waals surface area contributed by atoms with E-state index in [4.69, 9.17) is 10.0 Å². The molecule has 0 aliphatic rings. The van der Waals surface area contributed by atoms with Gasteiger partial charge in [0.1, 0.15) is 0 Å². The van der Waals surface area contributed by atoms with Gasteiger partial charge in [-0.05, 0) is 31.8 Å². The maximum atomic E-state index is 12.4. The highest BCUT2D eigenvalue weighted by molar-refractivity contribution is 6.50. The fourth-order valence-electron chi connectivity index (χ4n) is 0.901. The molecule has 0 amide bonds. The van der Waals surface area contributed by atoms with Crippen LogP contribution in [0.25, 0.3) is 0 Å². The first-order chi connectivity index (χ1) is 5.49. The molecule has 0 heterocycles. The van der Waals surface area contributed by atoms with Crippen LogP contribution in [-0.2, 0) is 0 Å². The Balaban J connectivity index is 4.74. The summed E-state index contributed by atoms with van der Waals surface area (Å²) in [5, 5.41) is 17.6. The van der Waals surface area contributed by atoms with Gasteiger partial charge >= 0.3 is 7.12 Å². The molecule has 68 valence electrons. The third kappa shape index (κ3) is 3.69. The molecule has 0 atom stereocenters. The Kier molecular flexibility index (Phi) is 4.86. The molecule has 2 N–H and O–H groups in total. The van der Waals surface area contributed by atoms with Crippen LogP contribution in [0.5, 0.6) is 0 Å². The van der Waals surface area contributed by atoms with Crippen LogP contribution in [0.4, 0.5) is 4.39 Å². The van der Waals surface area contributed by atoms with Crippen LogP contribution in [0, 0.1) is 0 Å². The summed E-state index contributed by atoms with van der Waals surface area (Å²) in [6.07, 6.45) is 1.90. The fourth-order valence-corrected chi connectivity index (χ4v) is 0.901. The number of allylic oxidation sites excluding steroid dienone is 4. The SMILES string of the molecule is CCC(/C=C(\C)F)=C(/C)B(O)O. The summed E-state index contributed by atoms with van der Waals surface area (Å²) in [6, 6.07) is 0. The Bertz CT molecular complexity index is 205. The minimum atomic E-state index is -1.49. The van der Waals surface area contributed by atoms with E-state index in [9.17, 15) is 4.39 Å². The van der Waals surface area contributed by atoms with Gasteiger partial charge in [-0.25, -0.2) is 4.39 Å². The third-order valence-electron chi connectivity index (χ3n) is 1.65. The first-order valence-electron chi connectivity index (χ1n) is 3.88. The molecule has 0 aromatic rings. The van der Waals surface area contributed by atoms with E-state index in [1.54, 1.807) is 6.92 Å². The number of hydrogen-bond donors (Lipinski definition) is 2. The highest BCUT2D eigenvalue weighted by atomic mass is 19.1. The monoisotopic (exact) mass is 172 g/mol. The van der Waals surface area contributed by atoms with Crippen molar-refractivity contribution < 1.29 is 14.4 Å². The van der Waals surface area contributed by atoms with Gasteiger partial charge in [0.25, 0.3) is 0 Å². The molecule has 0 aliphatic carbocycles. The Labute approximate surface area is 72.6 Å². The summed E-state index contributed by atoms with van der Waals surface area (Å²) < 4.78 is 12.4. The maximum Gasteiger partial charge on any atom is 0.484 e. The molecular formula is C8H14BFO2. The van der Waals surface area contributed by atoms with E-state index in [0.29, 0.717) is 17.5 Å². The molecule has 0 aromatic heterocycles. The van der Waals surface area contributed by atoms with Crippen molar-refractivity contribution in [3.8, 4) is 0 Å². The summed E-state index contributed by atoms with van der Waals surface area (Å²) in [5.74, 6) is -0.327. The van der Waals surface area contributed by atoms with Crippen LogP contribution < -0.4 is 0 Å². The zero-order chi connectivity index (χ0) is 9.72. The molecule has 0 radical (unpaired) electrons. The van der Waals surface area contributed by atoms with Gasteiger partial charge in [0, 0.05) is 0 Å². The molecule has 2 nitrogen and oxygen atoms in total. The van der Waals surface area contributed by atoms with Crippen LogP contribution >= 0.6 is 0 Å². The maximum absolute atomic E-state index is 12.4. The molecule has 0 saturated carbocycles. The molecule has 0 fully saturated rings. The molecule has 0 saturated heterocycles. The number of hydrogen-bond acceptors (Lipinski definition) is 2. The van der Waals surface area contributed by atoms with Crippen LogP contribution in [0.3, 0.4) is 0 Å². The lowest BCUT2D eigenvalue weighted by Gasteiger charge is -2.04. The van der Waals surface area contributed by atoms with E-state index in [1.165, 1.54) is 13.0 Å². The molecular weight excluding hydrogens is 158 g/mol. The summed E-state index contributed by atoms with van der Waals surface area (Å²) >= 11 is 0. The van der Waals surface area contributed by atoms with E-state index in [2.05, 4.69) is 0 Å². The van der Waals surface area contributed by atoms with Gasteiger partial charge < -0.3 is 10.0 Å². The van der Waals surface area contributed by atoms with E-state index < -0.39 is 7.12 Å². The second-order valence-electron chi connectivity index (χ2n) is 2.67. The molecule has 0 rings (SSSR count). The molecule has 0 unspecified atom stereocenters. The molecule has 4 heteroatoms. The van der Waals surface area contributed by atoms with Crippen molar-refractivity contribution in [2.24, 2.45) is 0 Å². The standard InChI is InChI=1S/C8H14BFO2/c1-4-8(5-6(2)10)7(3)9(11)12/h5,11-12H,4H2,1-3H3/b6-5+,8-7+. The first kappa shape index (κ1) is 11.4. The van der Waals surface area contributed by atoms with Crippen molar-refractivity contribution >= 4 is 7.12 Å². The van der Waals surface area contributed by atoms with Crippen LogP contribution in [0.15, 0.2) is 22.9 Å².